The number of rotatable bonds is 5. The van der Waals surface area contributed by atoms with E-state index in [0.717, 1.165) is 25.7 Å². The molecular formula is C15H23ClN2O2S. The number of nitrogens with zero attached hydrogens (tertiary/aromatic N) is 1. The first kappa shape index (κ1) is 16.7. The number of halogens is 1. The Hall–Kier alpha value is -0.620. The Morgan fingerprint density at radius 1 is 1.19 bits per heavy atom. The van der Waals surface area contributed by atoms with Gasteiger partial charge in [-0.2, -0.15) is 0 Å². The monoisotopic (exact) mass is 330 g/mol. The van der Waals surface area contributed by atoms with Crippen LogP contribution in [0.4, 0.5) is 0 Å². The van der Waals surface area contributed by atoms with Gasteiger partial charge in [-0.3, -0.25) is 0 Å². The maximum Gasteiger partial charge on any atom is 0.179 e. The Morgan fingerprint density at radius 2 is 1.76 bits per heavy atom. The largest absolute Gasteiger partial charge is 0.328 e. The quantitative estimate of drug-likeness (QED) is 0.900. The molecule has 2 rings (SSSR count). The van der Waals surface area contributed by atoms with E-state index in [1.54, 1.807) is 24.3 Å². The molecule has 0 spiro atoms. The van der Waals surface area contributed by atoms with Gasteiger partial charge in [0, 0.05) is 23.7 Å². The fourth-order valence-electron chi connectivity index (χ4n) is 2.75. The molecule has 1 aliphatic carbocycles. The number of benzene rings is 1. The second-order valence-electron chi connectivity index (χ2n) is 5.82. The highest BCUT2D eigenvalue weighted by atomic mass is 35.5. The summed E-state index contributed by atoms with van der Waals surface area (Å²) >= 11 is 5.79. The first-order chi connectivity index (χ1) is 9.88. The molecule has 1 saturated carbocycles. The molecule has 0 aromatic heterocycles. The van der Waals surface area contributed by atoms with E-state index in [1.165, 1.54) is 0 Å². The van der Waals surface area contributed by atoms with Crippen molar-refractivity contribution in [1.29, 1.82) is 0 Å². The molecule has 118 valence electrons. The van der Waals surface area contributed by atoms with Crippen LogP contribution < -0.4 is 5.73 Å². The summed E-state index contributed by atoms with van der Waals surface area (Å²) in [5.41, 5.74) is 5.90. The van der Waals surface area contributed by atoms with Gasteiger partial charge in [-0.1, -0.05) is 11.6 Å². The SMILES string of the molecule is CN(CCS(=O)(=O)c1ccc(Cl)cc1)C1CCC(N)CC1. The zero-order valence-electron chi connectivity index (χ0n) is 12.3. The fourth-order valence-corrected chi connectivity index (χ4v) is 4.19. The van der Waals surface area contributed by atoms with Gasteiger partial charge in [0.25, 0.3) is 0 Å². The van der Waals surface area contributed by atoms with Crippen molar-refractivity contribution in [2.75, 3.05) is 19.3 Å². The smallest absolute Gasteiger partial charge is 0.179 e. The molecule has 0 bridgehead atoms. The normalized spacial score (nSPS) is 23.4. The van der Waals surface area contributed by atoms with Crippen LogP contribution in [0.1, 0.15) is 25.7 Å². The van der Waals surface area contributed by atoms with Crippen LogP contribution in [0.15, 0.2) is 29.2 Å². The molecule has 6 heteroatoms. The molecule has 4 nitrogen and oxygen atoms in total. The molecule has 0 atom stereocenters. The van der Waals surface area contributed by atoms with Gasteiger partial charge in [0.05, 0.1) is 10.6 Å². The van der Waals surface area contributed by atoms with Crippen molar-refractivity contribution in [3.63, 3.8) is 0 Å². The second kappa shape index (κ2) is 7.09. The van der Waals surface area contributed by atoms with Gasteiger partial charge in [-0.25, -0.2) is 8.42 Å². The Labute approximate surface area is 132 Å². The molecule has 1 fully saturated rings. The number of nitrogens with two attached hydrogens (primary N) is 1. The van der Waals surface area contributed by atoms with Gasteiger partial charge in [0.15, 0.2) is 9.84 Å². The van der Waals surface area contributed by atoms with Crippen molar-refractivity contribution in [3.8, 4) is 0 Å². The lowest BCUT2D eigenvalue weighted by Gasteiger charge is -2.33. The molecule has 1 aromatic carbocycles. The molecule has 0 amide bonds. The summed E-state index contributed by atoms with van der Waals surface area (Å²) in [6, 6.07) is 7.12. The molecule has 0 heterocycles. The number of hydrogen-bond donors (Lipinski definition) is 1. The van der Waals surface area contributed by atoms with Crippen LogP contribution in [0.5, 0.6) is 0 Å². The standard InChI is InChI=1S/C15H23ClN2O2S/c1-18(14-6-4-13(17)5-7-14)10-11-21(19,20)15-8-2-12(16)3-9-15/h2-3,8-9,13-14H,4-7,10-11,17H2,1H3. The molecule has 0 radical (unpaired) electrons. The van der Waals surface area contributed by atoms with E-state index >= 15 is 0 Å². The van der Waals surface area contributed by atoms with E-state index in [2.05, 4.69) is 4.90 Å². The Morgan fingerprint density at radius 3 is 2.33 bits per heavy atom. The maximum absolute atomic E-state index is 12.3. The fraction of sp³-hybridized carbons (Fsp3) is 0.600. The highest BCUT2D eigenvalue weighted by molar-refractivity contribution is 7.91. The molecular weight excluding hydrogens is 308 g/mol. The van der Waals surface area contributed by atoms with Crippen LogP contribution in [0.25, 0.3) is 0 Å². The summed E-state index contributed by atoms with van der Waals surface area (Å²) in [6.45, 7) is 0.546. The van der Waals surface area contributed by atoms with Crippen LogP contribution in [-0.4, -0.2) is 44.7 Å². The summed E-state index contributed by atoms with van der Waals surface area (Å²) in [5, 5.41) is 0.546. The zero-order chi connectivity index (χ0) is 15.5. The van der Waals surface area contributed by atoms with E-state index in [9.17, 15) is 8.42 Å². The highest BCUT2D eigenvalue weighted by Gasteiger charge is 2.23. The minimum absolute atomic E-state index is 0.133. The van der Waals surface area contributed by atoms with E-state index in [1.807, 2.05) is 7.05 Å². The summed E-state index contributed by atoms with van der Waals surface area (Å²) < 4.78 is 24.6. The second-order valence-corrected chi connectivity index (χ2v) is 8.37. The third kappa shape index (κ3) is 4.68. The van der Waals surface area contributed by atoms with E-state index < -0.39 is 9.84 Å². The lowest BCUT2D eigenvalue weighted by Crippen LogP contribution is -2.40. The molecule has 2 N–H and O–H groups in total. The third-order valence-electron chi connectivity index (χ3n) is 4.25. The topological polar surface area (TPSA) is 63.4 Å². The van der Waals surface area contributed by atoms with Crippen molar-refractivity contribution >= 4 is 21.4 Å². The predicted octanol–water partition coefficient (Wildman–Crippen LogP) is 2.32. The summed E-state index contributed by atoms with van der Waals surface area (Å²) in [6.07, 6.45) is 4.16. The molecule has 0 saturated heterocycles. The van der Waals surface area contributed by atoms with Crippen LogP contribution >= 0.6 is 11.6 Å². The Bertz CT molecular complexity index is 552. The lowest BCUT2D eigenvalue weighted by atomic mass is 9.91. The highest BCUT2D eigenvalue weighted by Crippen LogP contribution is 2.21. The van der Waals surface area contributed by atoms with Crippen LogP contribution in [0.3, 0.4) is 0 Å². The van der Waals surface area contributed by atoms with Crippen molar-refractivity contribution < 1.29 is 8.42 Å². The summed E-state index contributed by atoms with van der Waals surface area (Å²) in [4.78, 5) is 2.49. The van der Waals surface area contributed by atoms with Crippen molar-refractivity contribution in [3.05, 3.63) is 29.3 Å². The molecule has 0 unspecified atom stereocenters. The van der Waals surface area contributed by atoms with Crippen molar-refractivity contribution in [2.24, 2.45) is 5.73 Å². The molecule has 21 heavy (non-hydrogen) atoms. The van der Waals surface area contributed by atoms with Gasteiger partial charge in [-0.15, -0.1) is 0 Å². The average Bonchev–Trinajstić information content (AvgIpc) is 2.46. The first-order valence-electron chi connectivity index (χ1n) is 7.32. The van der Waals surface area contributed by atoms with E-state index in [-0.39, 0.29) is 5.75 Å². The van der Waals surface area contributed by atoms with Gasteiger partial charge >= 0.3 is 0 Å². The van der Waals surface area contributed by atoms with Crippen molar-refractivity contribution in [1.82, 2.24) is 4.90 Å². The predicted molar refractivity (Wildman–Crippen MR) is 86.4 cm³/mol. The Balaban J connectivity index is 1.90. The van der Waals surface area contributed by atoms with Crippen LogP contribution in [0.2, 0.25) is 5.02 Å². The summed E-state index contributed by atoms with van der Waals surface area (Å²) in [7, 11) is -1.25. The van der Waals surface area contributed by atoms with Gasteiger partial charge in [0.1, 0.15) is 0 Å². The van der Waals surface area contributed by atoms with Crippen molar-refractivity contribution in [2.45, 2.75) is 42.7 Å². The third-order valence-corrected chi connectivity index (χ3v) is 6.21. The van der Waals surface area contributed by atoms with Gasteiger partial charge < -0.3 is 10.6 Å². The van der Waals surface area contributed by atoms with Gasteiger partial charge in [-0.05, 0) is 57.0 Å². The van der Waals surface area contributed by atoms with Crippen LogP contribution in [-0.2, 0) is 9.84 Å². The minimum Gasteiger partial charge on any atom is -0.328 e. The average molecular weight is 331 g/mol. The minimum atomic E-state index is -3.25. The molecule has 1 aromatic rings. The maximum atomic E-state index is 12.3. The summed E-state index contributed by atoms with van der Waals surface area (Å²) in [5.74, 6) is 0.133. The molecule has 0 aliphatic heterocycles. The zero-order valence-corrected chi connectivity index (χ0v) is 13.9. The van der Waals surface area contributed by atoms with Gasteiger partial charge in [0.2, 0.25) is 0 Å². The van der Waals surface area contributed by atoms with E-state index in [0.29, 0.717) is 28.5 Å². The van der Waals surface area contributed by atoms with E-state index in [4.69, 9.17) is 17.3 Å². The Kier molecular flexibility index (Phi) is 5.66. The molecule has 1 aliphatic rings. The first-order valence-corrected chi connectivity index (χ1v) is 9.35. The number of hydrogen-bond acceptors (Lipinski definition) is 4. The van der Waals surface area contributed by atoms with Crippen LogP contribution in [0, 0.1) is 0 Å². The lowest BCUT2D eigenvalue weighted by molar-refractivity contribution is 0.192. The number of sulfone groups is 1.